The van der Waals surface area contributed by atoms with Crippen LogP contribution in [0.1, 0.15) is 15.9 Å². The molecule has 0 radical (unpaired) electrons. The number of rotatable bonds is 7. The molecule has 2 rings (SSSR count). The van der Waals surface area contributed by atoms with Crippen molar-refractivity contribution in [1.82, 2.24) is 10.3 Å². The number of carbonyl (C=O) groups excluding carboxylic acids is 1. The number of nitrogens with zero attached hydrogens (tertiary/aromatic N) is 2. The van der Waals surface area contributed by atoms with E-state index in [2.05, 4.69) is 16.9 Å². The van der Waals surface area contributed by atoms with Gasteiger partial charge in [0.05, 0.1) is 18.5 Å². The van der Waals surface area contributed by atoms with Crippen LogP contribution in [-0.4, -0.2) is 32.1 Å². The number of anilines is 1. The average molecular weight is 345 g/mol. The molecular formula is C17H19N3O3S. The van der Waals surface area contributed by atoms with Gasteiger partial charge in [0.2, 0.25) is 10.0 Å². The molecule has 0 aliphatic carbocycles. The van der Waals surface area contributed by atoms with Gasteiger partial charge in [-0.25, -0.2) is 8.42 Å². The molecule has 0 atom stereocenters. The normalized spacial score (nSPS) is 10.9. The van der Waals surface area contributed by atoms with E-state index in [1.54, 1.807) is 36.7 Å². The monoisotopic (exact) mass is 345 g/mol. The van der Waals surface area contributed by atoms with Crippen LogP contribution < -0.4 is 9.62 Å². The molecule has 0 unspecified atom stereocenters. The van der Waals surface area contributed by atoms with Gasteiger partial charge in [0.1, 0.15) is 0 Å². The number of pyridine rings is 1. The molecule has 1 heterocycles. The molecule has 24 heavy (non-hydrogen) atoms. The lowest BCUT2D eigenvalue weighted by molar-refractivity contribution is 0.0951. The van der Waals surface area contributed by atoms with Gasteiger partial charge in [-0.15, -0.1) is 6.58 Å². The number of hydrogen-bond acceptors (Lipinski definition) is 4. The summed E-state index contributed by atoms with van der Waals surface area (Å²) in [5, 5.41) is 2.80. The summed E-state index contributed by atoms with van der Waals surface area (Å²) in [5.41, 5.74) is 1.90. The molecule has 0 saturated carbocycles. The van der Waals surface area contributed by atoms with Crippen molar-refractivity contribution in [1.29, 1.82) is 0 Å². The quantitative estimate of drug-likeness (QED) is 0.778. The Hall–Kier alpha value is -2.67. The van der Waals surface area contributed by atoms with Crippen LogP contribution in [0.25, 0.3) is 0 Å². The van der Waals surface area contributed by atoms with Gasteiger partial charge in [-0.1, -0.05) is 6.08 Å². The number of benzene rings is 1. The van der Waals surface area contributed by atoms with Crippen LogP contribution in [0.2, 0.25) is 0 Å². The lowest BCUT2D eigenvalue weighted by atomic mass is 10.2. The summed E-state index contributed by atoms with van der Waals surface area (Å²) in [6, 6.07) is 10.0. The first kappa shape index (κ1) is 17.7. The van der Waals surface area contributed by atoms with Crippen molar-refractivity contribution in [2.24, 2.45) is 0 Å². The maximum absolute atomic E-state index is 12.1. The van der Waals surface area contributed by atoms with Crippen LogP contribution in [0.3, 0.4) is 0 Å². The standard InChI is InChI=1S/C17H19N3O3S/c1-3-12-20(24(2,22)23)16-6-4-15(5-7-16)17(21)19-13-14-8-10-18-11-9-14/h3-11H,1,12-13H2,2H3,(H,19,21). The number of aromatic nitrogens is 1. The van der Waals surface area contributed by atoms with Gasteiger partial charge in [-0.2, -0.15) is 0 Å². The second-order valence-electron chi connectivity index (χ2n) is 5.17. The second kappa shape index (κ2) is 7.74. The Labute approximate surface area is 141 Å². The van der Waals surface area contributed by atoms with E-state index in [1.807, 2.05) is 12.1 Å². The van der Waals surface area contributed by atoms with Crippen molar-refractivity contribution in [2.45, 2.75) is 6.54 Å². The van der Waals surface area contributed by atoms with E-state index in [0.717, 1.165) is 11.8 Å². The third kappa shape index (κ3) is 4.66. The van der Waals surface area contributed by atoms with E-state index < -0.39 is 10.0 Å². The van der Waals surface area contributed by atoms with Gasteiger partial charge >= 0.3 is 0 Å². The van der Waals surface area contributed by atoms with E-state index in [0.29, 0.717) is 17.8 Å². The summed E-state index contributed by atoms with van der Waals surface area (Å²) in [6.07, 6.45) is 5.97. The zero-order valence-corrected chi connectivity index (χ0v) is 14.2. The fraction of sp³-hybridized carbons (Fsp3) is 0.176. The predicted molar refractivity (Wildman–Crippen MR) is 94.2 cm³/mol. The largest absolute Gasteiger partial charge is 0.348 e. The molecule has 7 heteroatoms. The molecule has 1 amide bonds. The molecule has 2 aromatic rings. The molecule has 1 aromatic carbocycles. The Kier molecular flexibility index (Phi) is 5.70. The van der Waals surface area contributed by atoms with Crippen LogP contribution in [0, 0.1) is 0 Å². The zero-order chi connectivity index (χ0) is 17.6. The SMILES string of the molecule is C=CCN(c1ccc(C(=O)NCc2ccncc2)cc1)S(C)(=O)=O. The fourth-order valence-electron chi connectivity index (χ4n) is 2.11. The van der Waals surface area contributed by atoms with Crippen molar-refractivity contribution in [3.8, 4) is 0 Å². The van der Waals surface area contributed by atoms with Crippen molar-refractivity contribution >= 4 is 21.6 Å². The highest BCUT2D eigenvalue weighted by molar-refractivity contribution is 7.92. The Morgan fingerprint density at radius 1 is 1.21 bits per heavy atom. The summed E-state index contributed by atoms with van der Waals surface area (Å²) in [7, 11) is -3.40. The molecular weight excluding hydrogens is 326 g/mol. The zero-order valence-electron chi connectivity index (χ0n) is 13.3. The molecule has 1 N–H and O–H groups in total. The van der Waals surface area contributed by atoms with Crippen LogP contribution in [-0.2, 0) is 16.6 Å². The van der Waals surface area contributed by atoms with Crippen LogP contribution in [0.4, 0.5) is 5.69 Å². The highest BCUT2D eigenvalue weighted by Gasteiger charge is 2.16. The first-order chi connectivity index (χ1) is 11.4. The van der Waals surface area contributed by atoms with Gasteiger partial charge in [0.15, 0.2) is 0 Å². The van der Waals surface area contributed by atoms with Crippen molar-refractivity contribution < 1.29 is 13.2 Å². The summed E-state index contributed by atoms with van der Waals surface area (Å²) in [6.45, 7) is 4.13. The average Bonchev–Trinajstić information content (AvgIpc) is 2.57. The molecule has 0 aliphatic heterocycles. The van der Waals surface area contributed by atoms with Crippen LogP contribution in [0.5, 0.6) is 0 Å². The molecule has 0 spiro atoms. The third-order valence-corrected chi connectivity index (χ3v) is 4.48. The number of nitrogens with one attached hydrogen (secondary N) is 1. The topological polar surface area (TPSA) is 79.4 Å². The first-order valence-corrected chi connectivity index (χ1v) is 9.12. The number of sulfonamides is 1. The van der Waals surface area contributed by atoms with E-state index in [4.69, 9.17) is 0 Å². The Bertz CT molecular complexity index is 803. The van der Waals surface area contributed by atoms with Gasteiger partial charge in [-0.05, 0) is 42.0 Å². The first-order valence-electron chi connectivity index (χ1n) is 7.27. The predicted octanol–water partition coefficient (Wildman–Crippen LogP) is 1.96. The molecule has 0 bridgehead atoms. The van der Waals surface area contributed by atoms with Crippen LogP contribution >= 0.6 is 0 Å². The van der Waals surface area contributed by atoms with Gasteiger partial charge in [-0.3, -0.25) is 14.1 Å². The van der Waals surface area contributed by atoms with Crippen LogP contribution in [0.15, 0.2) is 61.4 Å². The minimum absolute atomic E-state index is 0.173. The summed E-state index contributed by atoms with van der Waals surface area (Å²) in [4.78, 5) is 16.1. The third-order valence-electron chi connectivity index (χ3n) is 3.32. The highest BCUT2D eigenvalue weighted by atomic mass is 32.2. The van der Waals surface area contributed by atoms with Crippen molar-refractivity contribution in [2.75, 3.05) is 17.1 Å². The van der Waals surface area contributed by atoms with Gasteiger partial charge < -0.3 is 5.32 Å². The maximum Gasteiger partial charge on any atom is 0.251 e. The summed E-state index contributed by atoms with van der Waals surface area (Å²) < 4.78 is 24.8. The lowest BCUT2D eigenvalue weighted by Gasteiger charge is -2.20. The molecule has 126 valence electrons. The Balaban J connectivity index is 2.08. The summed E-state index contributed by atoms with van der Waals surface area (Å²) in [5.74, 6) is -0.229. The van der Waals surface area contributed by atoms with Crippen molar-refractivity contribution in [3.63, 3.8) is 0 Å². The van der Waals surface area contributed by atoms with Gasteiger partial charge in [0, 0.05) is 24.5 Å². The second-order valence-corrected chi connectivity index (χ2v) is 7.07. The Morgan fingerprint density at radius 2 is 1.83 bits per heavy atom. The van der Waals surface area contributed by atoms with E-state index in [-0.39, 0.29) is 12.5 Å². The minimum atomic E-state index is -3.40. The number of carbonyl (C=O) groups is 1. The number of hydrogen-bond donors (Lipinski definition) is 1. The molecule has 6 nitrogen and oxygen atoms in total. The molecule has 0 saturated heterocycles. The molecule has 0 aliphatic rings. The van der Waals surface area contributed by atoms with E-state index in [9.17, 15) is 13.2 Å². The summed E-state index contributed by atoms with van der Waals surface area (Å²) >= 11 is 0. The molecule has 1 aromatic heterocycles. The van der Waals surface area contributed by atoms with Gasteiger partial charge in [0.25, 0.3) is 5.91 Å². The fourth-order valence-corrected chi connectivity index (χ4v) is 2.99. The minimum Gasteiger partial charge on any atom is -0.348 e. The van der Waals surface area contributed by atoms with Crippen molar-refractivity contribution in [3.05, 3.63) is 72.6 Å². The molecule has 0 fully saturated rings. The number of amides is 1. The van der Waals surface area contributed by atoms with E-state index >= 15 is 0 Å². The smallest absolute Gasteiger partial charge is 0.251 e. The maximum atomic E-state index is 12.1. The highest BCUT2D eigenvalue weighted by Crippen LogP contribution is 2.18. The van der Waals surface area contributed by atoms with E-state index in [1.165, 1.54) is 10.4 Å². The lowest BCUT2D eigenvalue weighted by Crippen LogP contribution is -2.30. The Morgan fingerprint density at radius 3 is 2.38 bits per heavy atom.